The standard InChI is InChI=1S/C21H17NO/c1-2-6-15-14(5-1)9-11-20-17(15)10-12-21(23-20)18-13-22-19-8-4-3-7-16(18)19/h1-9,11,13,21-22H,10,12H2. The first-order valence-electron chi connectivity index (χ1n) is 8.13. The highest BCUT2D eigenvalue weighted by Crippen LogP contribution is 2.40. The van der Waals surface area contributed by atoms with Gasteiger partial charge in [-0.2, -0.15) is 0 Å². The molecule has 0 bridgehead atoms. The molecule has 1 N–H and O–H groups in total. The van der Waals surface area contributed by atoms with Gasteiger partial charge in [-0.15, -0.1) is 0 Å². The number of para-hydroxylation sites is 1. The topological polar surface area (TPSA) is 25.0 Å². The van der Waals surface area contributed by atoms with Gasteiger partial charge >= 0.3 is 0 Å². The SMILES string of the molecule is c1ccc2c3c(ccc2c1)OC(c1c[nH]c2ccccc12)CC3. The summed E-state index contributed by atoms with van der Waals surface area (Å²) in [4.78, 5) is 3.36. The van der Waals surface area contributed by atoms with Gasteiger partial charge < -0.3 is 9.72 Å². The number of hydrogen-bond acceptors (Lipinski definition) is 1. The Labute approximate surface area is 134 Å². The van der Waals surface area contributed by atoms with Gasteiger partial charge in [-0.25, -0.2) is 0 Å². The van der Waals surface area contributed by atoms with Gasteiger partial charge in [0.25, 0.3) is 0 Å². The fourth-order valence-electron chi connectivity index (χ4n) is 3.75. The van der Waals surface area contributed by atoms with Crippen molar-refractivity contribution < 1.29 is 4.74 Å². The number of fused-ring (bicyclic) bond motifs is 4. The molecule has 2 heterocycles. The van der Waals surface area contributed by atoms with Crippen LogP contribution in [0.3, 0.4) is 0 Å². The number of aromatic nitrogens is 1. The van der Waals surface area contributed by atoms with E-state index in [1.54, 1.807) is 0 Å². The highest BCUT2D eigenvalue weighted by atomic mass is 16.5. The average Bonchev–Trinajstić information content (AvgIpc) is 3.05. The lowest BCUT2D eigenvalue weighted by Gasteiger charge is -2.27. The first kappa shape index (κ1) is 12.8. The first-order chi connectivity index (χ1) is 11.4. The third-order valence-electron chi connectivity index (χ3n) is 4.89. The van der Waals surface area contributed by atoms with Crippen LogP contribution in [0.2, 0.25) is 0 Å². The third-order valence-corrected chi connectivity index (χ3v) is 4.89. The lowest BCUT2D eigenvalue weighted by Crippen LogP contribution is -2.15. The van der Waals surface area contributed by atoms with Crippen LogP contribution in [0.25, 0.3) is 21.7 Å². The molecule has 2 nitrogen and oxygen atoms in total. The number of aryl methyl sites for hydroxylation is 1. The lowest BCUT2D eigenvalue weighted by atomic mass is 9.93. The summed E-state index contributed by atoms with van der Waals surface area (Å²) >= 11 is 0. The molecule has 5 rings (SSSR count). The van der Waals surface area contributed by atoms with Crippen LogP contribution in [0.4, 0.5) is 0 Å². The predicted octanol–water partition coefficient (Wildman–Crippen LogP) is 5.39. The monoisotopic (exact) mass is 299 g/mol. The van der Waals surface area contributed by atoms with Crippen LogP contribution < -0.4 is 4.74 Å². The number of rotatable bonds is 1. The van der Waals surface area contributed by atoms with E-state index in [9.17, 15) is 0 Å². The fourth-order valence-corrected chi connectivity index (χ4v) is 3.75. The van der Waals surface area contributed by atoms with Crippen LogP contribution in [0, 0.1) is 0 Å². The molecule has 0 fully saturated rings. The molecule has 4 aromatic rings. The molecule has 2 heteroatoms. The molecule has 0 saturated heterocycles. The van der Waals surface area contributed by atoms with E-state index >= 15 is 0 Å². The van der Waals surface area contributed by atoms with Crippen LogP contribution >= 0.6 is 0 Å². The zero-order valence-electron chi connectivity index (χ0n) is 12.8. The van der Waals surface area contributed by atoms with Crippen molar-refractivity contribution in [3.8, 4) is 5.75 Å². The minimum absolute atomic E-state index is 0.125. The molecule has 1 aliphatic rings. The second kappa shape index (κ2) is 4.88. The molecular formula is C21H17NO. The highest BCUT2D eigenvalue weighted by Gasteiger charge is 2.24. The summed E-state index contributed by atoms with van der Waals surface area (Å²) in [7, 11) is 0. The van der Waals surface area contributed by atoms with Crippen molar-refractivity contribution in [2.75, 3.05) is 0 Å². The van der Waals surface area contributed by atoms with E-state index in [1.807, 2.05) is 0 Å². The molecule has 1 unspecified atom stereocenters. The summed E-state index contributed by atoms with van der Waals surface area (Å²) in [6, 6.07) is 21.3. The van der Waals surface area contributed by atoms with Gasteiger partial charge in [0.15, 0.2) is 0 Å². The van der Waals surface area contributed by atoms with E-state index in [1.165, 1.54) is 32.8 Å². The average molecular weight is 299 g/mol. The van der Waals surface area contributed by atoms with E-state index in [-0.39, 0.29) is 6.10 Å². The Hall–Kier alpha value is -2.74. The maximum absolute atomic E-state index is 6.37. The molecular weight excluding hydrogens is 282 g/mol. The van der Waals surface area contributed by atoms with E-state index < -0.39 is 0 Å². The summed E-state index contributed by atoms with van der Waals surface area (Å²) in [6.45, 7) is 0. The maximum atomic E-state index is 6.37. The molecule has 0 amide bonds. The molecule has 0 radical (unpaired) electrons. The largest absolute Gasteiger partial charge is 0.485 e. The van der Waals surface area contributed by atoms with Gasteiger partial charge in [0.2, 0.25) is 0 Å². The van der Waals surface area contributed by atoms with Crippen molar-refractivity contribution in [3.63, 3.8) is 0 Å². The van der Waals surface area contributed by atoms with E-state index in [0.717, 1.165) is 18.6 Å². The minimum Gasteiger partial charge on any atom is -0.485 e. The Morgan fingerprint density at radius 2 is 1.70 bits per heavy atom. The Balaban J connectivity index is 1.59. The van der Waals surface area contributed by atoms with Crippen molar-refractivity contribution in [3.05, 3.63) is 78.0 Å². The minimum atomic E-state index is 0.125. The zero-order valence-corrected chi connectivity index (χ0v) is 12.8. The first-order valence-corrected chi connectivity index (χ1v) is 8.13. The van der Waals surface area contributed by atoms with Crippen molar-refractivity contribution >= 4 is 21.7 Å². The molecule has 1 aliphatic heterocycles. The maximum Gasteiger partial charge on any atom is 0.126 e. The normalized spacial score (nSPS) is 17.1. The Bertz CT molecular complexity index is 1010. The summed E-state index contributed by atoms with van der Waals surface area (Å²) in [5, 5.41) is 3.88. The Morgan fingerprint density at radius 1 is 0.870 bits per heavy atom. The van der Waals surface area contributed by atoms with E-state index in [2.05, 4.69) is 71.8 Å². The fraction of sp³-hybridized carbons (Fsp3) is 0.143. The van der Waals surface area contributed by atoms with Crippen LogP contribution in [-0.2, 0) is 6.42 Å². The van der Waals surface area contributed by atoms with Crippen LogP contribution in [0.15, 0.2) is 66.9 Å². The number of aromatic amines is 1. The molecule has 0 saturated carbocycles. The van der Waals surface area contributed by atoms with Crippen LogP contribution in [0.5, 0.6) is 5.75 Å². The molecule has 0 spiro atoms. The number of ether oxygens (including phenoxy) is 1. The lowest BCUT2D eigenvalue weighted by molar-refractivity contribution is 0.179. The van der Waals surface area contributed by atoms with Gasteiger partial charge in [0, 0.05) is 28.2 Å². The Kier molecular flexibility index (Phi) is 2.71. The third kappa shape index (κ3) is 1.95. The summed E-state index contributed by atoms with van der Waals surface area (Å²) in [5.41, 5.74) is 3.79. The summed E-state index contributed by atoms with van der Waals surface area (Å²) in [6.07, 6.45) is 4.30. The smallest absolute Gasteiger partial charge is 0.126 e. The number of hydrogen-bond donors (Lipinski definition) is 1. The molecule has 3 aromatic carbocycles. The van der Waals surface area contributed by atoms with Crippen LogP contribution in [-0.4, -0.2) is 4.98 Å². The number of nitrogens with one attached hydrogen (secondary N) is 1. The molecule has 1 atom stereocenters. The molecule has 1 aromatic heterocycles. The number of benzene rings is 3. The van der Waals surface area contributed by atoms with Crippen molar-refractivity contribution in [1.29, 1.82) is 0 Å². The zero-order chi connectivity index (χ0) is 15.2. The van der Waals surface area contributed by atoms with Gasteiger partial charge in [0.05, 0.1) is 0 Å². The van der Waals surface area contributed by atoms with Crippen LogP contribution in [0.1, 0.15) is 23.7 Å². The highest BCUT2D eigenvalue weighted by molar-refractivity contribution is 5.88. The quantitative estimate of drug-likeness (QED) is 0.501. The summed E-state index contributed by atoms with van der Waals surface area (Å²) in [5.74, 6) is 1.03. The van der Waals surface area contributed by atoms with Gasteiger partial charge in [-0.3, -0.25) is 0 Å². The second-order valence-electron chi connectivity index (χ2n) is 6.20. The van der Waals surface area contributed by atoms with Gasteiger partial charge in [-0.1, -0.05) is 48.5 Å². The molecule has 112 valence electrons. The van der Waals surface area contributed by atoms with E-state index in [0.29, 0.717) is 0 Å². The molecule has 23 heavy (non-hydrogen) atoms. The van der Waals surface area contributed by atoms with Crippen molar-refractivity contribution in [1.82, 2.24) is 4.98 Å². The summed E-state index contributed by atoms with van der Waals surface area (Å²) < 4.78 is 6.37. The molecule has 0 aliphatic carbocycles. The van der Waals surface area contributed by atoms with Gasteiger partial charge in [-0.05, 0) is 35.7 Å². The predicted molar refractivity (Wildman–Crippen MR) is 93.9 cm³/mol. The Morgan fingerprint density at radius 3 is 2.65 bits per heavy atom. The number of H-pyrrole nitrogens is 1. The van der Waals surface area contributed by atoms with Crippen molar-refractivity contribution in [2.24, 2.45) is 0 Å². The van der Waals surface area contributed by atoms with Gasteiger partial charge in [0.1, 0.15) is 11.9 Å². The second-order valence-corrected chi connectivity index (χ2v) is 6.20. The van der Waals surface area contributed by atoms with E-state index in [4.69, 9.17) is 4.74 Å². The van der Waals surface area contributed by atoms with Crippen molar-refractivity contribution in [2.45, 2.75) is 18.9 Å².